The molecule has 25 heavy (non-hydrogen) atoms. The Kier molecular flexibility index (Phi) is 5.82. The number of amides is 2. The number of carbonyl (C=O) groups is 1. The molecule has 2 amide bonds. The van der Waals surface area contributed by atoms with Crippen LogP contribution in [0, 0.1) is 0 Å². The van der Waals surface area contributed by atoms with Crippen LogP contribution in [0.3, 0.4) is 0 Å². The van der Waals surface area contributed by atoms with Crippen molar-refractivity contribution < 1.29 is 19.0 Å². The summed E-state index contributed by atoms with van der Waals surface area (Å²) in [4.78, 5) is 18.9. The molecule has 0 atom stereocenters. The molecule has 0 unspecified atom stereocenters. The van der Waals surface area contributed by atoms with Gasteiger partial charge < -0.3 is 19.5 Å². The Morgan fingerprint density at radius 1 is 0.880 bits per heavy atom. The number of hydrogen-bond acceptors (Lipinski definition) is 5. The average Bonchev–Trinajstić information content (AvgIpc) is 2.98. The number of methoxy groups -OCH3 is 3. The number of urea groups is 1. The molecule has 0 bridgehead atoms. The van der Waals surface area contributed by atoms with Crippen LogP contribution in [-0.4, -0.2) is 27.4 Å². The summed E-state index contributed by atoms with van der Waals surface area (Å²) in [5.74, 6) is 1.93. The van der Waals surface area contributed by atoms with Gasteiger partial charge in [0.15, 0.2) is 11.5 Å². The molecule has 0 aromatic heterocycles. The number of benzene rings is 2. The summed E-state index contributed by atoms with van der Waals surface area (Å²) in [5.41, 5.74) is 1.74. The smallest absolute Gasteiger partial charge is 0.368 e. The first kappa shape index (κ1) is 18.5. The summed E-state index contributed by atoms with van der Waals surface area (Å²) >= 11 is 0. The van der Waals surface area contributed by atoms with Crippen LogP contribution in [0.4, 0.5) is 10.5 Å². The maximum atomic E-state index is 11.2. The van der Waals surface area contributed by atoms with Crippen LogP contribution in [0.15, 0.2) is 40.3 Å². The van der Waals surface area contributed by atoms with E-state index in [-0.39, 0.29) is 12.4 Å². The van der Waals surface area contributed by atoms with E-state index in [1.807, 2.05) is 12.1 Å². The van der Waals surface area contributed by atoms with Crippen molar-refractivity contribution in [2.24, 2.45) is 9.98 Å². The summed E-state index contributed by atoms with van der Waals surface area (Å²) in [5, 5.41) is 4.44. The zero-order valence-electron chi connectivity index (χ0n) is 14.0. The van der Waals surface area contributed by atoms with Crippen LogP contribution in [0.5, 0.6) is 17.2 Å². The SMILES string of the molecule is COc1cc(OC)c(OC)cc1CNc1ccc2c(c1)=NC(=O)N=2.Cl. The minimum absolute atomic E-state index is 0. The van der Waals surface area contributed by atoms with Gasteiger partial charge >= 0.3 is 6.03 Å². The lowest BCUT2D eigenvalue weighted by molar-refractivity contribution is 0.256. The second kappa shape index (κ2) is 7.85. The highest BCUT2D eigenvalue weighted by atomic mass is 35.5. The number of ether oxygens (including phenoxy) is 3. The van der Waals surface area contributed by atoms with Gasteiger partial charge in [-0.1, -0.05) is 0 Å². The summed E-state index contributed by atoms with van der Waals surface area (Å²) in [6.45, 7) is 0.507. The van der Waals surface area contributed by atoms with Crippen molar-refractivity contribution in [2.75, 3.05) is 26.6 Å². The fraction of sp³-hybridized carbons (Fsp3) is 0.235. The lowest BCUT2D eigenvalue weighted by Gasteiger charge is -2.15. The zero-order chi connectivity index (χ0) is 17.1. The number of nitrogens with zero attached hydrogens (tertiary/aromatic N) is 2. The van der Waals surface area contributed by atoms with Crippen LogP contribution in [0.25, 0.3) is 0 Å². The van der Waals surface area contributed by atoms with E-state index in [0.717, 1.165) is 11.3 Å². The van der Waals surface area contributed by atoms with Crippen molar-refractivity contribution in [3.63, 3.8) is 0 Å². The third-order valence-electron chi connectivity index (χ3n) is 3.68. The number of halogens is 1. The van der Waals surface area contributed by atoms with E-state index in [1.165, 1.54) is 0 Å². The second-order valence-electron chi connectivity index (χ2n) is 5.08. The number of fused-ring (bicyclic) bond motifs is 1. The zero-order valence-corrected chi connectivity index (χ0v) is 14.8. The van der Waals surface area contributed by atoms with Gasteiger partial charge in [-0.15, -0.1) is 12.4 Å². The maximum Gasteiger partial charge on any atom is 0.368 e. The average molecular weight is 364 g/mol. The monoisotopic (exact) mass is 363 g/mol. The quantitative estimate of drug-likeness (QED) is 0.850. The Morgan fingerprint density at radius 2 is 1.52 bits per heavy atom. The Bertz CT molecular complexity index is 915. The first-order valence-electron chi connectivity index (χ1n) is 7.29. The van der Waals surface area contributed by atoms with Crippen LogP contribution in [0.2, 0.25) is 0 Å². The maximum absolute atomic E-state index is 11.2. The number of nitrogens with one attached hydrogen (secondary N) is 1. The van der Waals surface area contributed by atoms with Gasteiger partial charge in [0.1, 0.15) is 5.75 Å². The molecular formula is C17H18ClN3O4. The van der Waals surface area contributed by atoms with E-state index < -0.39 is 6.03 Å². The third kappa shape index (κ3) is 3.83. The van der Waals surface area contributed by atoms with Gasteiger partial charge in [0.2, 0.25) is 0 Å². The standard InChI is InChI=1S/C17H17N3O4.ClH/c1-22-14-8-16(24-3)15(23-2)6-10(14)9-18-11-4-5-12-13(7-11)20-17(21)19-12;/h4-8,18H,9H2,1-3H3;1H. The molecule has 7 nitrogen and oxygen atoms in total. The summed E-state index contributed by atoms with van der Waals surface area (Å²) in [6.07, 6.45) is 0. The van der Waals surface area contributed by atoms with Gasteiger partial charge in [0.05, 0.1) is 32.0 Å². The van der Waals surface area contributed by atoms with E-state index in [1.54, 1.807) is 39.5 Å². The molecule has 0 fully saturated rings. The van der Waals surface area contributed by atoms with Gasteiger partial charge in [0.25, 0.3) is 0 Å². The normalized spacial score (nSPS) is 11.6. The van der Waals surface area contributed by atoms with Gasteiger partial charge in [-0.25, -0.2) is 4.79 Å². The molecule has 1 aliphatic heterocycles. The first-order chi connectivity index (χ1) is 11.6. The largest absolute Gasteiger partial charge is 0.496 e. The summed E-state index contributed by atoms with van der Waals surface area (Å²) in [6, 6.07) is 8.58. The molecule has 132 valence electrons. The van der Waals surface area contributed by atoms with Crippen molar-refractivity contribution in [2.45, 2.75) is 6.54 Å². The third-order valence-corrected chi connectivity index (χ3v) is 3.68. The predicted molar refractivity (Wildman–Crippen MR) is 94.8 cm³/mol. The first-order valence-corrected chi connectivity index (χ1v) is 7.29. The highest BCUT2D eigenvalue weighted by Gasteiger charge is 2.12. The van der Waals surface area contributed by atoms with Crippen molar-refractivity contribution in [3.05, 3.63) is 46.6 Å². The van der Waals surface area contributed by atoms with Crippen molar-refractivity contribution in [1.29, 1.82) is 0 Å². The van der Waals surface area contributed by atoms with E-state index in [0.29, 0.717) is 34.5 Å². The molecule has 0 aliphatic carbocycles. The Morgan fingerprint density at radius 3 is 2.20 bits per heavy atom. The van der Waals surface area contributed by atoms with Crippen molar-refractivity contribution >= 4 is 24.1 Å². The lowest BCUT2D eigenvalue weighted by atomic mass is 10.1. The molecule has 0 saturated carbocycles. The Hall–Kier alpha value is -2.80. The molecule has 1 N–H and O–H groups in total. The number of rotatable bonds is 6. The topological polar surface area (TPSA) is 81.5 Å². The van der Waals surface area contributed by atoms with Gasteiger partial charge in [-0.2, -0.15) is 9.98 Å². The summed E-state index contributed by atoms with van der Waals surface area (Å²) < 4.78 is 16.0. The van der Waals surface area contributed by atoms with Crippen LogP contribution in [0.1, 0.15) is 5.56 Å². The van der Waals surface area contributed by atoms with Gasteiger partial charge in [-0.05, 0) is 24.3 Å². The fourth-order valence-electron chi connectivity index (χ4n) is 2.48. The van der Waals surface area contributed by atoms with Crippen LogP contribution in [-0.2, 0) is 6.54 Å². The summed E-state index contributed by atoms with van der Waals surface area (Å²) in [7, 11) is 4.77. The van der Waals surface area contributed by atoms with Crippen LogP contribution < -0.4 is 30.2 Å². The molecular weight excluding hydrogens is 346 g/mol. The Balaban J connectivity index is 0.00000225. The number of anilines is 1. The molecule has 0 saturated heterocycles. The molecule has 1 heterocycles. The highest BCUT2D eigenvalue weighted by molar-refractivity contribution is 5.85. The van der Waals surface area contributed by atoms with E-state index in [9.17, 15) is 4.79 Å². The van der Waals surface area contributed by atoms with Gasteiger partial charge in [0, 0.05) is 23.9 Å². The number of carbonyl (C=O) groups excluding carboxylic acids is 1. The molecule has 0 spiro atoms. The van der Waals surface area contributed by atoms with Crippen molar-refractivity contribution in [1.82, 2.24) is 0 Å². The van der Waals surface area contributed by atoms with Crippen molar-refractivity contribution in [3.8, 4) is 17.2 Å². The second-order valence-corrected chi connectivity index (χ2v) is 5.08. The molecule has 8 heteroatoms. The molecule has 2 aromatic carbocycles. The van der Waals surface area contributed by atoms with Crippen LogP contribution >= 0.6 is 12.4 Å². The van der Waals surface area contributed by atoms with E-state index in [4.69, 9.17) is 14.2 Å². The highest BCUT2D eigenvalue weighted by Crippen LogP contribution is 2.34. The molecule has 3 rings (SSSR count). The number of hydrogen-bond donors (Lipinski definition) is 1. The molecule has 1 aliphatic rings. The van der Waals surface area contributed by atoms with Gasteiger partial charge in [-0.3, -0.25) is 0 Å². The fourth-order valence-corrected chi connectivity index (χ4v) is 2.48. The minimum atomic E-state index is -0.469. The molecule has 0 radical (unpaired) electrons. The van der Waals surface area contributed by atoms with E-state index in [2.05, 4.69) is 15.3 Å². The van der Waals surface area contributed by atoms with E-state index >= 15 is 0 Å². The predicted octanol–water partition coefficient (Wildman–Crippen LogP) is 2.12. The minimum Gasteiger partial charge on any atom is -0.496 e. The Labute approximate surface area is 150 Å². The molecule has 2 aromatic rings. The lowest BCUT2D eigenvalue weighted by Crippen LogP contribution is -2.21.